The molecule has 264 valence electrons. The molecule has 48 heavy (non-hydrogen) atoms. The van der Waals surface area contributed by atoms with E-state index in [-0.39, 0.29) is 0 Å². The van der Waals surface area contributed by atoms with Crippen LogP contribution < -0.4 is 4.74 Å². The van der Waals surface area contributed by atoms with Crippen molar-refractivity contribution in [3.8, 4) is 5.75 Å². The maximum atomic E-state index is 9.32. The fourth-order valence-electron chi connectivity index (χ4n) is 5.63. The number of ether oxygens (including phenoxy) is 4. The van der Waals surface area contributed by atoms with Crippen molar-refractivity contribution in [1.82, 2.24) is 9.80 Å². The molecule has 0 bridgehead atoms. The van der Waals surface area contributed by atoms with E-state index in [2.05, 4.69) is 74.1 Å². The summed E-state index contributed by atoms with van der Waals surface area (Å²) in [5, 5.41) is 9.32. The van der Waals surface area contributed by atoms with E-state index >= 15 is 0 Å². The van der Waals surface area contributed by atoms with E-state index in [0.717, 1.165) is 102 Å². The second kappa shape index (κ2) is 22.3. The highest BCUT2D eigenvalue weighted by molar-refractivity contribution is 5.47. The highest BCUT2D eigenvalue weighted by Gasteiger charge is 2.12. The number of hydrogen-bond acceptors (Lipinski definition) is 7. The van der Waals surface area contributed by atoms with Crippen LogP contribution in [0.2, 0.25) is 0 Å². The van der Waals surface area contributed by atoms with Gasteiger partial charge in [-0.1, -0.05) is 62.9 Å². The minimum Gasteiger partial charge on any atom is -0.512 e. The number of rotatable bonds is 15. The summed E-state index contributed by atoms with van der Waals surface area (Å²) in [6.07, 6.45) is 15.4. The van der Waals surface area contributed by atoms with E-state index in [1.54, 1.807) is 12.2 Å². The van der Waals surface area contributed by atoms with Gasteiger partial charge >= 0.3 is 0 Å². The summed E-state index contributed by atoms with van der Waals surface area (Å²) in [5.41, 5.74) is 6.05. The van der Waals surface area contributed by atoms with Gasteiger partial charge in [-0.3, -0.25) is 4.90 Å². The smallest absolute Gasteiger partial charge is 0.119 e. The summed E-state index contributed by atoms with van der Waals surface area (Å²) >= 11 is 0. The van der Waals surface area contributed by atoms with Crippen LogP contribution in [-0.2, 0) is 14.2 Å². The predicted molar refractivity (Wildman–Crippen MR) is 199 cm³/mol. The fourth-order valence-corrected chi connectivity index (χ4v) is 5.63. The number of hydrogen-bond donors (Lipinski definition) is 1. The molecule has 1 unspecified atom stereocenters. The number of allylic oxidation sites excluding steroid dienone is 10. The molecule has 0 spiro atoms. The zero-order valence-electron chi connectivity index (χ0n) is 30.1. The first-order valence-electron chi connectivity index (χ1n) is 17.7. The molecular formula is C41H60N2O5. The van der Waals surface area contributed by atoms with Crippen LogP contribution in [0, 0.1) is 0 Å². The lowest BCUT2D eigenvalue weighted by atomic mass is 9.93. The molecule has 1 N–H and O–H groups in total. The minimum absolute atomic E-state index is 0.310. The third kappa shape index (κ3) is 14.4. The zero-order chi connectivity index (χ0) is 34.6. The molecule has 0 radical (unpaired) electrons. The lowest BCUT2D eigenvalue weighted by Crippen LogP contribution is -2.38. The minimum atomic E-state index is 0.310. The molecule has 7 nitrogen and oxygen atoms in total. The van der Waals surface area contributed by atoms with Crippen LogP contribution in [0.4, 0.5) is 0 Å². The van der Waals surface area contributed by atoms with Gasteiger partial charge in [-0.25, -0.2) is 0 Å². The van der Waals surface area contributed by atoms with Gasteiger partial charge < -0.3 is 29.0 Å². The molecule has 2 aliphatic heterocycles. The first-order chi connectivity index (χ1) is 23.3. The first kappa shape index (κ1) is 39.1. The maximum Gasteiger partial charge on any atom is 0.119 e. The predicted octanol–water partition coefficient (Wildman–Crippen LogP) is 8.32. The van der Waals surface area contributed by atoms with Gasteiger partial charge in [0.15, 0.2) is 0 Å². The second-order valence-corrected chi connectivity index (χ2v) is 12.6. The van der Waals surface area contributed by atoms with Gasteiger partial charge in [0.2, 0.25) is 0 Å². The van der Waals surface area contributed by atoms with Gasteiger partial charge in [-0.15, -0.1) is 0 Å². The van der Waals surface area contributed by atoms with Crippen molar-refractivity contribution in [2.24, 2.45) is 0 Å². The number of aliphatic hydroxyl groups excluding tert-OH is 1. The topological polar surface area (TPSA) is 63.6 Å². The molecule has 0 aromatic heterocycles. The van der Waals surface area contributed by atoms with Crippen molar-refractivity contribution < 1.29 is 24.1 Å². The van der Waals surface area contributed by atoms with E-state index in [1.165, 1.54) is 22.3 Å². The van der Waals surface area contributed by atoms with Crippen LogP contribution in [0.5, 0.6) is 5.75 Å². The third-order valence-corrected chi connectivity index (χ3v) is 9.03. The number of aliphatic hydroxyl groups is 1. The van der Waals surface area contributed by atoms with Crippen LogP contribution in [0.3, 0.4) is 0 Å². The van der Waals surface area contributed by atoms with E-state index in [9.17, 15) is 5.11 Å². The van der Waals surface area contributed by atoms with Crippen LogP contribution >= 0.6 is 0 Å². The molecule has 4 rings (SSSR count). The van der Waals surface area contributed by atoms with Gasteiger partial charge in [-0.05, 0) is 85.8 Å². The Morgan fingerprint density at radius 1 is 0.958 bits per heavy atom. The van der Waals surface area contributed by atoms with Crippen molar-refractivity contribution in [2.75, 3.05) is 78.9 Å². The van der Waals surface area contributed by atoms with Gasteiger partial charge in [0.05, 0.1) is 32.2 Å². The van der Waals surface area contributed by atoms with Crippen LogP contribution in [0.25, 0.3) is 0 Å². The molecule has 7 heteroatoms. The Morgan fingerprint density at radius 2 is 1.65 bits per heavy atom. The fraction of sp³-hybridized carbons (Fsp3) is 0.512. The summed E-state index contributed by atoms with van der Waals surface area (Å²) in [6, 6.07) is 8.47. The molecule has 0 amide bonds. The Hall–Kier alpha value is -3.36. The third-order valence-electron chi connectivity index (χ3n) is 9.03. The Morgan fingerprint density at radius 3 is 2.33 bits per heavy atom. The zero-order valence-corrected chi connectivity index (χ0v) is 30.1. The molecule has 3 aliphatic rings. The van der Waals surface area contributed by atoms with Crippen LogP contribution in [-0.4, -0.2) is 93.8 Å². The normalized spacial score (nSPS) is 19.0. The molecule has 2 fully saturated rings. The average molecular weight is 661 g/mol. The highest BCUT2D eigenvalue weighted by Crippen LogP contribution is 2.26. The SMILES string of the molecule is C=C(CC)C1=CCC(O)=CC=C1C.C=C/C(=C\C=C(/C)C(C)c1ccc(OCCN2CCOCC2)cc1)OCCCN1CCCOCC1. The van der Waals surface area contributed by atoms with Crippen LogP contribution in [0.1, 0.15) is 64.9 Å². The molecule has 2 heterocycles. The molecule has 2 saturated heterocycles. The Kier molecular flexibility index (Phi) is 18.2. The molecular weight excluding hydrogens is 600 g/mol. The van der Waals surface area contributed by atoms with Crippen molar-refractivity contribution in [3.63, 3.8) is 0 Å². The summed E-state index contributed by atoms with van der Waals surface area (Å²) in [5.74, 6) is 2.47. The Balaban J connectivity index is 0.000000402. The molecule has 1 aromatic carbocycles. The first-order valence-corrected chi connectivity index (χ1v) is 17.7. The van der Waals surface area contributed by atoms with Crippen LogP contribution in [0.15, 0.2) is 108 Å². The lowest BCUT2D eigenvalue weighted by molar-refractivity contribution is 0.0322. The van der Waals surface area contributed by atoms with Crippen molar-refractivity contribution in [3.05, 3.63) is 113 Å². The summed E-state index contributed by atoms with van der Waals surface area (Å²) < 4.78 is 22.8. The number of nitrogens with zero attached hydrogens (tertiary/aromatic N) is 2. The second-order valence-electron chi connectivity index (χ2n) is 12.6. The largest absolute Gasteiger partial charge is 0.512 e. The van der Waals surface area contributed by atoms with Crippen molar-refractivity contribution in [1.29, 1.82) is 0 Å². The molecule has 1 atom stereocenters. The van der Waals surface area contributed by atoms with Crippen molar-refractivity contribution >= 4 is 0 Å². The maximum absolute atomic E-state index is 9.32. The quantitative estimate of drug-likeness (QED) is 0.115. The lowest BCUT2D eigenvalue weighted by Gasteiger charge is -2.26. The van der Waals surface area contributed by atoms with Gasteiger partial charge in [0.1, 0.15) is 18.1 Å². The Labute approximate surface area is 290 Å². The molecule has 1 aromatic rings. The number of benzene rings is 1. The highest BCUT2D eigenvalue weighted by atomic mass is 16.5. The molecule has 0 saturated carbocycles. The van der Waals surface area contributed by atoms with E-state index in [1.807, 2.05) is 25.2 Å². The Bertz CT molecular complexity index is 1280. The van der Waals surface area contributed by atoms with E-state index < -0.39 is 0 Å². The van der Waals surface area contributed by atoms with E-state index in [4.69, 9.17) is 18.9 Å². The monoisotopic (exact) mass is 660 g/mol. The summed E-state index contributed by atoms with van der Waals surface area (Å²) in [6.45, 7) is 27.3. The van der Waals surface area contributed by atoms with Gasteiger partial charge in [-0.2, -0.15) is 0 Å². The number of morpholine rings is 1. The summed E-state index contributed by atoms with van der Waals surface area (Å²) in [4.78, 5) is 4.84. The standard InChI is InChI=1S/C29H44N2O4.C12H16O/c1-4-28(34-20-6-14-30-13-5-19-32-21-15-30)10-7-25(2)26(3)27-8-11-29(12-9-27)35-24-18-31-16-22-33-23-17-31;1-4-9(2)12-8-7-11(13)6-5-10(12)3/h4,7-12,26H,1,5-6,13-24H2,2-3H3;5-6,8,13H,2,4,7H2,1,3H3/b25-7+,28-10+;. The summed E-state index contributed by atoms with van der Waals surface area (Å²) in [7, 11) is 0. The average Bonchev–Trinajstić information content (AvgIpc) is 3.48. The van der Waals surface area contributed by atoms with Gasteiger partial charge in [0, 0.05) is 58.2 Å². The molecule has 1 aliphatic carbocycles. The van der Waals surface area contributed by atoms with E-state index in [0.29, 0.717) is 31.3 Å². The van der Waals surface area contributed by atoms with Crippen molar-refractivity contribution in [2.45, 2.75) is 59.3 Å². The van der Waals surface area contributed by atoms with Gasteiger partial charge in [0.25, 0.3) is 0 Å².